The van der Waals surface area contributed by atoms with Gasteiger partial charge in [0, 0.05) is 6.92 Å². The second kappa shape index (κ2) is 6.91. The van der Waals surface area contributed by atoms with Crippen molar-refractivity contribution in [3.8, 4) is 0 Å². The summed E-state index contributed by atoms with van der Waals surface area (Å²) in [6, 6.07) is 13.3. The number of benzene rings is 2. The highest BCUT2D eigenvalue weighted by molar-refractivity contribution is 7.83. The van der Waals surface area contributed by atoms with Gasteiger partial charge in [-0.2, -0.15) is 0 Å². The Bertz CT molecular complexity index is 566. The molecular weight excluding hydrogens is 246 g/mol. The highest BCUT2D eigenvalue weighted by Crippen LogP contribution is 2.17. The monoisotopic (exact) mass is 263 g/mol. The summed E-state index contributed by atoms with van der Waals surface area (Å²) in [4.78, 5) is 11.4. The van der Waals surface area contributed by atoms with Crippen molar-refractivity contribution in [2.45, 2.75) is 25.7 Å². The van der Waals surface area contributed by atoms with Crippen molar-refractivity contribution >= 4 is 27.7 Å². The first-order chi connectivity index (χ1) is 8.66. The fraction of sp³-hybridized carbons (Fsp3) is 0.214. The maximum atomic E-state index is 11.7. The normalized spacial score (nSPS) is 11.3. The lowest BCUT2D eigenvalue weighted by atomic mass is 10.1. The summed E-state index contributed by atoms with van der Waals surface area (Å²) in [5.41, 5.74) is 0. The number of amides is 1. The first-order valence-electron chi connectivity index (χ1n) is 5.84. The zero-order chi connectivity index (χ0) is 13.5. The SMILES string of the molecule is CC.CC(=O)NS(=O)c1ccc2ccccc2c1. The van der Waals surface area contributed by atoms with E-state index in [1.807, 2.05) is 50.2 Å². The summed E-state index contributed by atoms with van der Waals surface area (Å²) in [7, 11) is -1.47. The van der Waals surface area contributed by atoms with Gasteiger partial charge in [0.25, 0.3) is 0 Å². The van der Waals surface area contributed by atoms with Gasteiger partial charge in [-0.15, -0.1) is 0 Å². The first kappa shape index (κ1) is 14.4. The minimum atomic E-state index is -1.47. The fourth-order valence-corrected chi connectivity index (χ4v) is 2.28. The Morgan fingerprint density at radius 3 is 2.28 bits per heavy atom. The van der Waals surface area contributed by atoms with Crippen molar-refractivity contribution in [2.24, 2.45) is 0 Å². The zero-order valence-electron chi connectivity index (χ0n) is 10.8. The Kier molecular flexibility index (Phi) is 5.52. The van der Waals surface area contributed by atoms with Crippen LogP contribution >= 0.6 is 0 Å². The molecule has 0 saturated heterocycles. The zero-order valence-corrected chi connectivity index (χ0v) is 11.6. The van der Waals surface area contributed by atoms with E-state index in [9.17, 15) is 9.00 Å². The van der Waals surface area contributed by atoms with E-state index in [1.54, 1.807) is 6.07 Å². The van der Waals surface area contributed by atoms with E-state index in [-0.39, 0.29) is 5.91 Å². The van der Waals surface area contributed by atoms with Crippen LogP contribution in [0.1, 0.15) is 20.8 Å². The predicted octanol–water partition coefficient (Wildman–Crippen LogP) is 3.02. The van der Waals surface area contributed by atoms with Crippen LogP contribution in [-0.4, -0.2) is 10.1 Å². The average Bonchev–Trinajstić information content (AvgIpc) is 2.39. The summed E-state index contributed by atoms with van der Waals surface area (Å²) < 4.78 is 14.0. The predicted molar refractivity (Wildman–Crippen MR) is 75.5 cm³/mol. The van der Waals surface area contributed by atoms with Gasteiger partial charge < -0.3 is 0 Å². The molecule has 18 heavy (non-hydrogen) atoms. The van der Waals surface area contributed by atoms with Crippen LogP contribution in [0.2, 0.25) is 0 Å². The van der Waals surface area contributed by atoms with Crippen molar-refractivity contribution in [1.82, 2.24) is 4.72 Å². The van der Waals surface area contributed by atoms with E-state index >= 15 is 0 Å². The van der Waals surface area contributed by atoms with Gasteiger partial charge in [0.2, 0.25) is 5.91 Å². The number of carbonyl (C=O) groups excluding carboxylic acids is 1. The molecule has 96 valence electrons. The van der Waals surface area contributed by atoms with E-state index in [4.69, 9.17) is 0 Å². The number of rotatable bonds is 2. The molecule has 0 aliphatic rings. The molecule has 0 aliphatic carbocycles. The smallest absolute Gasteiger partial charge is 0.228 e. The van der Waals surface area contributed by atoms with Crippen molar-refractivity contribution in [3.05, 3.63) is 42.5 Å². The molecule has 1 N–H and O–H groups in total. The second-order valence-corrected chi connectivity index (χ2v) is 4.65. The molecule has 0 radical (unpaired) electrons. The maximum Gasteiger partial charge on any atom is 0.228 e. The molecule has 2 rings (SSSR count). The average molecular weight is 263 g/mol. The van der Waals surface area contributed by atoms with E-state index in [0.717, 1.165) is 10.8 Å². The molecular formula is C14H17NO2S. The van der Waals surface area contributed by atoms with Gasteiger partial charge in [0.15, 0.2) is 11.0 Å². The summed E-state index contributed by atoms with van der Waals surface area (Å²) in [6.45, 7) is 5.35. The van der Waals surface area contributed by atoms with Gasteiger partial charge in [-0.05, 0) is 22.9 Å². The van der Waals surface area contributed by atoms with Crippen LogP contribution in [0, 0.1) is 0 Å². The molecule has 2 aromatic rings. The molecule has 1 amide bonds. The molecule has 0 aromatic heterocycles. The molecule has 4 heteroatoms. The van der Waals surface area contributed by atoms with Crippen LogP contribution in [0.3, 0.4) is 0 Å². The van der Waals surface area contributed by atoms with Crippen molar-refractivity contribution < 1.29 is 9.00 Å². The molecule has 3 nitrogen and oxygen atoms in total. The summed E-state index contributed by atoms with van der Waals surface area (Å²) in [6.07, 6.45) is 0. The fourth-order valence-electron chi connectivity index (χ4n) is 1.47. The van der Waals surface area contributed by atoms with E-state index in [0.29, 0.717) is 4.90 Å². The van der Waals surface area contributed by atoms with Gasteiger partial charge in [-0.1, -0.05) is 44.2 Å². The molecule has 0 spiro atoms. The Labute approximate surface area is 110 Å². The Morgan fingerprint density at radius 1 is 1.06 bits per heavy atom. The van der Waals surface area contributed by atoms with Crippen LogP contribution in [0.25, 0.3) is 10.8 Å². The summed E-state index contributed by atoms with van der Waals surface area (Å²) in [5, 5.41) is 2.10. The Balaban J connectivity index is 0.000000771. The second-order valence-electron chi connectivity index (χ2n) is 3.44. The number of fused-ring (bicyclic) bond motifs is 1. The van der Waals surface area contributed by atoms with Crippen molar-refractivity contribution in [2.75, 3.05) is 0 Å². The topological polar surface area (TPSA) is 46.2 Å². The molecule has 0 heterocycles. The van der Waals surface area contributed by atoms with Crippen LogP contribution < -0.4 is 4.72 Å². The highest BCUT2D eigenvalue weighted by atomic mass is 32.2. The largest absolute Gasteiger partial charge is 0.274 e. The third kappa shape index (κ3) is 3.67. The third-order valence-corrected chi connectivity index (χ3v) is 3.33. The highest BCUT2D eigenvalue weighted by Gasteiger charge is 2.05. The van der Waals surface area contributed by atoms with Gasteiger partial charge >= 0.3 is 0 Å². The van der Waals surface area contributed by atoms with Crippen molar-refractivity contribution in [3.63, 3.8) is 0 Å². The first-order valence-corrected chi connectivity index (χ1v) is 6.99. The number of hydrogen-bond acceptors (Lipinski definition) is 2. The molecule has 0 bridgehead atoms. The van der Waals surface area contributed by atoms with E-state index in [2.05, 4.69) is 4.72 Å². The number of hydrogen-bond donors (Lipinski definition) is 1. The van der Waals surface area contributed by atoms with Gasteiger partial charge in [0.05, 0.1) is 4.90 Å². The standard InChI is InChI=1S/C12H11NO2S.C2H6/c1-9(14)13-16(15)12-7-6-10-4-2-3-5-11(10)8-12;1-2/h2-8H,1H3,(H,13,14);1-2H3. The molecule has 0 saturated carbocycles. The molecule has 2 aromatic carbocycles. The van der Waals surface area contributed by atoms with Crippen LogP contribution in [0.15, 0.2) is 47.4 Å². The van der Waals surface area contributed by atoms with Gasteiger partial charge in [-0.3, -0.25) is 9.52 Å². The molecule has 1 unspecified atom stereocenters. The maximum absolute atomic E-state index is 11.7. The minimum absolute atomic E-state index is 0.300. The minimum Gasteiger partial charge on any atom is -0.274 e. The number of carbonyl (C=O) groups is 1. The van der Waals surface area contributed by atoms with E-state index < -0.39 is 11.0 Å². The number of nitrogens with one attached hydrogen (secondary N) is 1. The van der Waals surface area contributed by atoms with Crippen LogP contribution in [0.4, 0.5) is 0 Å². The summed E-state index contributed by atoms with van der Waals surface area (Å²) >= 11 is 0. The molecule has 0 fully saturated rings. The lowest BCUT2D eigenvalue weighted by Crippen LogP contribution is -2.22. The third-order valence-electron chi connectivity index (χ3n) is 2.17. The van der Waals surface area contributed by atoms with Crippen LogP contribution in [0.5, 0.6) is 0 Å². The lowest BCUT2D eigenvalue weighted by Gasteiger charge is -2.03. The Hall–Kier alpha value is -1.68. The van der Waals surface area contributed by atoms with Crippen molar-refractivity contribution in [1.29, 1.82) is 0 Å². The Morgan fingerprint density at radius 2 is 1.67 bits per heavy atom. The van der Waals surface area contributed by atoms with Gasteiger partial charge in [-0.25, -0.2) is 4.21 Å². The quantitative estimate of drug-likeness (QED) is 0.905. The lowest BCUT2D eigenvalue weighted by molar-refractivity contribution is -0.117. The molecule has 1 atom stereocenters. The summed E-state index contributed by atoms with van der Waals surface area (Å²) in [5.74, 6) is -0.300. The van der Waals surface area contributed by atoms with Gasteiger partial charge in [0.1, 0.15) is 0 Å². The van der Waals surface area contributed by atoms with E-state index in [1.165, 1.54) is 6.92 Å². The van der Waals surface area contributed by atoms with Crippen LogP contribution in [-0.2, 0) is 15.8 Å². The molecule has 0 aliphatic heterocycles.